The summed E-state index contributed by atoms with van der Waals surface area (Å²) in [6, 6.07) is 5.46. The molecule has 0 radical (unpaired) electrons. The second kappa shape index (κ2) is 4.78. The fourth-order valence-electron chi connectivity index (χ4n) is 3.68. The van der Waals surface area contributed by atoms with Gasteiger partial charge in [0, 0.05) is 6.54 Å². The zero-order chi connectivity index (χ0) is 14.3. The molecule has 1 aromatic rings. The van der Waals surface area contributed by atoms with Gasteiger partial charge in [0.25, 0.3) is 0 Å². The van der Waals surface area contributed by atoms with E-state index in [9.17, 15) is 14.3 Å². The maximum atomic E-state index is 14.1. The van der Waals surface area contributed by atoms with Crippen molar-refractivity contribution in [2.45, 2.75) is 25.3 Å². The Morgan fingerprint density at radius 3 is 2.90 bits per heavy atom. The van der Waals surface area contributed by atoms with Gasteiger partial charge < -0.3 is 10.0 Å². The van der Waals surface area contributed by atoms with Gasteiger partial charge in [-0.05, 0) is 42.9 Å². The van der Waals surface area contributed by atoms with Crippen molar-refractivity contribution < 1.29 is 14.3 Å². The predicted octanol–water partition coefficient (Wildman–Crippen LogP) is 2.39. The van der Waals surface area contributed by atoms with Crippen molar-refractivity contribution >= 4 is 11.7 Å². The minimum Gasteiger partial charge on any atom is -0.480 e. The monoisotopic (exact) mass is 274 g/mol. The van der Waals surface area contributed by atoms with Crippen LogP contribution >= 0.6 is 0 Å². The first-order chi connectivity index (χ1) is 9.61. The Morgan fingerprint density at radius 1 is 1.45 bits per heavy atom. The molecule has 1 aromatic carbocycles. The van der Waals surface area contributed by atoms with Crippen molar-refractivity contribution in [3.63, 3.8) is 0 Å². The topological polar surface area (TPSA) is 64.3 Å². The van der Waals surface area contributed by atoms with E-state index in [0.717, 1.165) is 19.3 Å². The summed E-state index contributed by atoms with van der Waals surface area (Å²) >= 11 is 0. The molecule has 3 atom stereocenters. The average molecular weight is 274 g/mol. The van der Waals surface area contributed by atoms with E-state index in [0.29, 0.717) is 18.2 Å². The van der Waals surface area contributed by atoms with Gasteiger partial charge >= 0.3 is 5.97 Å². The molecule has 5 heteroatoms. The van der Waals surface area contributed by atoms with Crippen molar-refractivity contribution in [2.24, 2.45) is 11.8 Å². The van der Waals surface area contributed by atoms with Gasteiger partial charge in [-0.15, -0.1) is 0 Å². The van der Waals surface area contributed by atoms with E-state index >= 15 is 0 Å². The molecular weight excluding hydrogens is 259 g/mol. The van der Waals surface area contributed by atoms with Crippen LogP contribution in [0.3, 0.4) is 0 Å². The molecule has 1 N–H and O–H groups in total. The molecule has 1 aliphatic carbocycles. The standard InChI is InChI=1S/C15H15FN2O2/c16-12-6-9(7-17)4-5-13(12)18-8-10-2-1-3-11(10)14(18)15(19)20/h4-6,10-11,14H,1-3,8H2,(H,19,20). The summed E-state index contributed by atoms with van der Waals surface area (Å²) < 4.78 is 14.1. The van der Waals surface area contributed by atoms with Gasteiger partial charge in [0.15, 0.2) is 0 Å². The first-order valence-corrected chi connectivity index (χ1v) is 6.81. The van der Waals surface area contributed by atoms with E-state index < -0.39 is 17.8 Å². The average Bonchev–Trinajstić information content (AvgIpc) is 2.97. The Labute approximate surface area is 116 Å². The maximum Gasteiger partial charge on any atom is 0.326 e. The van der Waals surface area contributed by atoms with Gasteiger partial charge in [0.1, 0.15) is 11.9 Å². The Bertz CT molecular complexity index is 596. The summed E-state index contributed by atoms with van der Waals surface area (Å²) in [4.78, 5) is 13.2. The Hall–Kier alpha value is -2.09. The zero-order valence-corrected chi connectivity index (χ0v) is 10.9. The molecule has 20 heavy (non-hydrogen) atoms. The SMILES string of the molecule is N#Cc1ccc(N2CC3CCCC3C2C(=O)O)c(F)c1. The van der Waals surface area contributed by atoms with Crippen molar-refractivity contribution in [2.75, 3.05) is 11.4 Å². The summed E-state index contributed by atoms with van der Waals surface area (Å²) in [6.07, 6.45) is 2.97. The quantitative estimate of drug-likeness (QED) is 0.899. The summed E-state index contributed by atoms with van der Waals surface area (Å²) in [5.74, 6) is -0.952. The largest absolute Gasteiger partial charge is 0.480 e. The second-order valence-electron chi connectivity index (χ2n) is 5.57. The van der Waals surface area contributed by atoms with Crippen molar-refractivity contribution in [3.05, 3.63) is 29.6 Å². The molecule has 1 saturated carbocycles. The third kappa shape index (κ3) is 1.92. The maximum absolute atomic E-state index is 14.1. The number of halogens is 1. The van der Waals surface area contributed by atoms with Crippen LogP contribution in [0, 0.1) is 29.0 Å². The highest BCUT2D eigenvalue weighted by atomic mass is 19.1. The molecule has 2 fully saturated rings. The van der Waals surface area contributed by atoms with E-state index in [1.165, 1.54) is 18.2 Å². The first-order valence-electron chi connectivity index (χ1n) is 6.81. The van der Waals surface area contributed by atoms with Gasteiger partial charge in [-0.2, -0.15) is 5.26 Å². The van der Waals surface area contributed by atoms with E-state index in [-0.39, 0.29) is 11.5 Å². The Balaban J connectivity index is 1.97. The number of carboxylic acids is 1. The van der Waals surface area contributed by atoms with Crippen LogP contribution in [0.25, 0.3) is 0 Å². The fourth-order valence-corrected chi connectivity index (χ4v) is 3.68. The van der Waals surface area contributed by atoms with E-state index in [2.05, 4.69) is 0 Å². The van der Waals surface area contributed by atoms with E-state index in [1.807, 2.05) is 6.07 Å². The highest BCUT2D eigenvalue weighted by Crippen LogP contribution is 2.44. The number of carboxylic acid groups (broad SMARTS) is 1. The number of hydrogen-bond acceptors (Lipinski definition) is 3. The van der Waals surface area contributed by atoms with E-state index in [1.54, 1.807) is 4.90 Å². The first kappa shape index (κ1) is 12.9. The highest BCUT2D eigenvalue weighted by molar-refractivity contribution is 5.80. The molecule has 3 rings (SSSR count). The van der Waals surface area contributed by atoms with Crippen LogP contribution in [-0.4, -0.2) is 23.7 Å². The van der Waals surface area contributed by atoms with Gasteiger partial charge in [0.05, 0.1) is 17.3 Å². The number of nitrogens with zero attached hydrogens (tertiary/aromatic N) is 2. The lowest BCUT2D eigenvalue weighted by Crippen LogP contribution is -2.40. The molecule has 0 bridgehead atoms. The summed E-state index contributed by atoms with van der Waals surface area (Å²) in [5.41, 5.74) is 0.545. The van der Waals surface area contributed by atoms with Crippen LogP contribution in [0.2, 0.25) is 0 Å². The summed E-state index contributed by atoms with van der Waals surface area (Å²) in [6.45, 7) is 0.588. The number of fused-ring (bicyclic) bond motifs is 1. The molecule has 0 amide bonds. The van der Waals surface area contributed by atoms with Gasteiger partial charge in [-0.25, -0.2) is 9.18 Å². The molecule has 0 spiro atoms. The van der Waals surface area contributed by atoms with Crippen LogP contribution in [0.4, 0.5) is 10.1 Å². The normalized spacial score (nSPS) is 28.2. The number of benzene rings is 1. The van der Waals surface area contributed by atoms with Crippen molar-refractivity contribution in [3.8, 4) is 6.07 Å². The van der Waals surface area contributed by atoms with Gasteiger partial charge in [-0.3, -0.25) is 0 Å². The van der Waals surface area contributed by atoms with Crippen LogP contribution in [0.1, 0.15) is 24.8 Å². The molecular formula is C15H15FN2O2. The highest BCUT2D eigenvalue weighted by Gasteiger charge is 2.48. The van der Waals surface area contributed by atoms with Crippen LogP contribution < -0.4 is 4.90 Å². The van der Waals surface area contributed by atoms with Gasteiger partial charge in [-0.1, -0.05) is 6.42 Å². The number of hydrogen-bond donors (Lipinski definition) is 1. The Kier molecular flexibility index (Phi) is 3.09. The molecule has 104 valence electrons. The molecule has 0 aromatic heterocycles. The second-order valence-corrected chi connectivity index (χ2v) is 5.57. The summed E-state index contributed by atoms with van der Waals surface area (Å²) in [7, 11) is 0. The minimum absolute atomic E-state index is 0.113. The number of carbonyl (C=O) groups is 1. The summed E-state index contributed by atoms with van der Waals surface area (Å²) in [5, 5.41) is 18.2. The molecule has 1 heterocycles. The smallest absolute Gasteiger partial charge is 0.326 e. The number of nitriles is 1. The van der Waals surface area contributed by atoms with Gasteiger partial charge in [0.2, 0.25) is 0 Å². The molecule has 4 nitrogen and oxygen atoms in total. The zero-order valence-electron chi connectivity index (χ0n) is 10.9. The van der Waals surface area contributed by atoms with Crippen molar-refractivity contribution in [1.29, 1.82) is 5.26 Å². The van der Waals surface area contributed by atoms with Crippen LogP contribution in [0.5, 0.6) is 0 Å². The molecule has 2 aliphatic rings. The van der Waals surface area contributed by atoms with Crippen molar-refractivity contribution in [1.82, 2.24) is 0 Å². The van der Waals surface area contributed by atoms with Crippen LogP contribution in [0.15, 0.2) is 18.2 Å². The van der Waals surface area contributed by atoms with E-state index in [4.69, 9.17) is 5.26 Å². The molecule has 3 unspecified atom stereocenters. The third-order valence-corrected chi connectivity index (χ3v) is 4.53. The predicted molar refractivity (Wildman–Crippen MR) is 70.7 cm³/mol. The minimum atomic E-state index is -0.886. The third-order valence-electron chi connectivity index (χ3n) is 4.53. The lowest BCUT2D eigenvalue weighted by molar-refractivity contribution is -0.139. The Morgan fingerprint density at radius 2 is 2.25 bits per heavy atom. The lowest BCUT2D eigenvalue weighted by Gasteiger charge is -2.26. The van der Waals surface area contributed by atoms with Crippen LogP contribution in [-0.2, 0) is 4.79 Å². The molecule has 1 saturated heterocycles. The lowest BCUT2D eigenvalue weighted by atomic mass is 9.94. The number of rotatable bonds is 2. The number of anilines is 1. The fraction of sp³-hybridized carbons (Fsp3) is 0.467. The molecule has 1 aliphatic heterocycles. The number of aliphatic carboxylic acids is 1.